The van der Waals surface area contributed by atoms with Gasteiger partial charge in [-0.2, -0.15) is 0 Å². The van der Waals surface area contributed by atoms with Gasteiger partial charge >= 0.3 is 0 Å². The average Bonchev–Trinajstić information content (AvgIpc) is 3.68. The van der Waals surface area contributed by atoms with E-state index in [0.29, 0.717) is 0 Å². The molecule has 274 valence electrons. The van der Waals surface area contributed by atoms with Crippen molar-refractivity contribution >= 4 is 72.2 Å². The molecule has 0 spiro atoms. The molecule has 9 aromatic carbocycles. The fraction of sp³-hybridized carbons (Fsp3) is 0.0357. The van der Waals surface area contributed by atoms with E-state index in [1.165, 1.54) is 85.9 Å². The Labute approximate surface area is 342 Å². The lowest BCUT2D eigenvalue weighted by molar-refractivity contribution is 1.13. The van der Waals surface area contributed by atoms with Crippen LogP contribution < -0.4 is 14.7 Å². The van der Waals surface area contributed by atoms with Crippen LogP contribution >= 0.6 is 11.3 Å². The highest BCUT2D eigenvalue weighted by molar-refractivity contribution is 7.17. The maximum atomic E-state index is 2.43. The Morgan fingerprint density at radius 3 is 1.71 bits per heavy atom. The van der Waals surface area contributed by atoms with Crippen LogP contribution in [0.15, 0.2) is 200 Å². The van der Waals surface area contributed by atoms with Gasteiger partial charge in [-0.3, -0.25) is 0 Å². The number of anilines is 3. The standard InChI is InChI=1S/C56H39NS/c1-3-15-38(16-4-1)47-33-31-43(36-53(47)39-17-5-2-6-18-39)57(44-32-34-52-51-25-13-14-26-55(51)58-56(52)37-44)42-29-27-40(28-30-42)45-20-9-10-23-49(45)54-35-41-19-7-8-21-46(41)48-22-11-12-24-50(48)54/h1-12,15-37H,13-14H2. The van der Waals surface area contributed by atoms with Crippen LogP contribution in [0.5, 0.6) is 0 Å². The first-order chi connectivity index (χ1) is 28.8. The van der Waals surface area contributed by atoms with Gasteiger partial charge in [0.1, 0.15) is 0 Å². The van der Waals surface area contributed by atoms with E-state index in [2.05, 4.69) is 217 Å². The van der Waals surface area contributed by atoms with Gasteiger partial charge in [0, 0.05) is 31.7 Å². The molecule has 11 rings (SSSR count). The Balaban J connectivity index is 1.07. The molecule has 0 aliphatic heterocycles. The zero-order valence-corrected chi connectivity index (χ0v) is 32.8. The highest BCUT2D eigenvalue weighted by atomic mass is 32.1. The van der Waals surface area contributed by atoms with Gasteiger partial charge in [-0.25, -0.2) is 0 Å². The first-order valence-corrected chi connectivity index (χ1v) is 21.0. The molecular weight excluding hydrogens is 719 g/mol. The third-order valence-electron chi connectivity index (χ3n) is 11.7. The van der Waals surface area contributed by atoms with Crippen molar-refractivity contribution in [3.8, 4) is 44.5 Å². The van der Waals surface area contributed by atoms with Crippen LogP contribution in [0.1, 0.15) is 12.8 Å². The fourth-order valence-electron chi connectivity index (χ4n) is 8.95. The van der Waals surface area contributed by atoms with Crippen molar-refractivity contribution in [3.63, 3.8) is 0 Å². The van der Waals surface area contributed by atoms with E-state index in [-0.39, 0.29) is 0 Å². The molecule has 10 aromatic rings. The van der Waals surface area contributed by atoms with Crippen molar-refractivity contribution in [2.24, 2.45) is 0 Å². The summed E-state index contributed by atoms with van der Waals surface area (Å²) in [7, 11) is 0. The van der Waals surface area contributed by atoms with Crippen LogP contribution in [0.3, 0.4) is 0 Å². The van der Waals surface area contributed by atoms with Gasteiger partial charge in [-0.15, -0.1) is 11.3 Å². The maximum absolute atomic E-state index is 2.43. The van der Waals surface area contributed by atoms with Gasteiger partial charge in [0.05, 0.1) is 0 Å². The number of benzene rings is 9. The van der Waals surface area contributed by atoms with E-state index in [0.717, 1.165) is 29.9 Å². The van der Waals surface area contributed by atoms with Gasteiger partial charge < -0.3 is 4.90 Å². The van der Waals surface area contributed by atoms with Crippen molar-refractivity contribution in [2.45, 2.75) is 12.8 Å². The summed E-state index contributed by atoms with van der Waals surface area (Å²) in [5.41, 5.74) is 13.1. The molecule has 0 atom stereocenters. The summed E-state index contributed by atoms with van der Waals surface area (Å²) in [5, 5.41) is 7.83. The van der Waals surface area contributed by atoms with Gasteiger partial charge in [0.15, 0.2) is 0 Å². The first-order valence-electron chi connectivity index (χ1n) is 20.2. The Bertz CT molecular complexity index is 3270. The second kappa shape index (κ2) is 14.5. The maximum Gasteiger partial charge on any atom is 0.0476 e. The predicted octanol–water partition coefficient (Wildman–Crippen LogP) is 14.7. The van der Waals surface area contributed by atoms with Crippen LogP contribution in [0, 0.1) is 0 Å². The monoisotopic (exact) mass is 757 g/mol. The fourth-order valence-corrected chi connectivity index (χ4v) is 10.2. The molecular formula is C56H39NS. The molecule has 0 radical (unpaired) electrons. The molecule has 0 fully saturated rings. The number of hydrogen-bond acceptors (Lipinski definition) is 2. The van der Waals surface area contributed by atoms with Crippen molar-refractivity contribution in [3.05, 3.63) is 210 Å². The molecule has 0 saturated carbocycles. The van der Waals surface area contributed by atoms with Crippen LogP contribution in [0.2, 0.25) is 0 Å². The number of fused-ring (bicyclic) bond motifs is 6. The molecule has 1 aliphatic carbocycles. The summed E-state index contributed by atoms with van der Waals surface area (Å²) >= 11 is 1.91. The minimum Gasteiger partial charge on any atom is -0.310 e. The summed E-state index contributed by atoms with van der Waals surface area (Å²) in [6.07, 6.45) is 7.04. The summed E-state index contributed by atoms with van der Waals surface area (Å²) in [6.45, 7) is 0. The summed E-state index contributed by atoms with van der Waals surface area (Å²) in [5.74, 6) is 0. The summed E-state index contributed by atoms with van der Waals surface area (Å²) in [6, 6.07) is 73.5. The van der Waals surface area contributed by atoms with E-state index < -0.39 is 0 Å². The second-order valence-electron chi connectivity index (χ2n) is 15.1. The highest BCUT2D eigenvalue weighted by Gasteiger charge is 2.19. The minimum atomic E-state index is 1.11. The van der Waals surface area contributed by atoms with E-state index in [9.17, 15) is 0 Å². The van der Waals surface area contributed by atoms with Crippen LogP contribution in [-0.4, -0.2) is 0 Å². The normalized spacial score (nSPS) is 12.3. The Kier molecular flexibility index (Phi) is 8.56. The average molecular weight is 758 g/mol. The molecule has 0 amide bonds. The SMILES string of the molecule is C1=c2sc3cc(N(c4ccc(-c5ccccc5-c5cc6ccccc6c6ccccc56)cc4)c4ccc(-c5ccccc5)c(-c5ccccc5)c4)ccc3c2=CCC1. The molecule has 0 saturated heterocycles. The Morgan fingerprint density at radius 1 is 0.345 bits per heavy atom. The van der Waals surface area contributed by atoms with Crippen LogP contribution in [0.25, 0.3) is 88.3 Å². The minimum absolute atomic E-state index is 1.11. The van der Waals surface area contributed by atoms with E-state index in [1.807, 2.05) is 11.3 Å². The zero-order chi connectivity index (χ0) is 38.4. The largest absolute Gasteiger partial charge is 0.310 e. The van der Waals surface area contributed by atoms with Crippen molar-refractivity contribution < 1.29 is 0 Å². The lowest BCUT2D eigenvalue weighted by atomic mass is 9.89. The summed E-state index contributed by atoms with van der Waals surface area (Å²) < 4.78 is 2.71. The molecule has 1 aromatic heterocycles. The second-order valence-corrected chi connectivity index (χ2v) is 16.2. The smallest absolute Gasteiger partial charge is 0.0476 e. The molecule has 0 unspecified atom stereocenters. The number of rotatable bonds is 7. The van der Waals surface area contributed by atoms with E-state index in [1.54, 1.807) is 0 Å². The lowest BCUT2D eigenvalue weighted by Crippen LogP contribution is -2.20. The van der Waals surface area contributed by atoms with Gasteiger partial charge in [0.25, 0.3) is 0 Å². The molecule has 1 nitrogen and oxygen atoms in total. The van der Waals surface area contributed by atoms with Crippen molar-refractivity contribution in [1.82, 2.24) is 0 Å². The topological polar surface area (TPSA) is 3.24 Å². The molecule has 0 bridgehead atoms. The van der Waals surface area contributed by atoms with E-state index in [4.69, 9.17) is 0 Å². The highest BCUT2D eigenvalue weighted by Crippen LogP contribution is 2.44. The molecule has 58 heavy (non-hydrogen) atoms. The molecule has 1 aliphatic rings. The number of nitrogens with zero attached hydrogens (tertiary/aromatic N) is 1. The van der Waals surface area contributed by atoms with Gasteiger partial charge in [0.2, 0.25) is 0 Å². The van der Waals surface area contributed by atoms with Crippen LogP contribution in [0.4, 0.5) is 17.1 Å². The van der Waals surface area contributed by atoms with Gasteiger partial charge in [-0.05, 0) is 127 Å². The summed E-state index contributed by atoms with van der Waals surface area (Å²) in [4.78, 5) is 2.43. The van der Waals surface area contributed by atoms with Crippen LogP contribution in [-0.2, 0) is 0 Å². The molecule has 2 heteroatoms. The Hall–Kier alpha value is -7.00. The van der Waals surface area contributed by atoms with E-state index >= 15 is 0 Å². The predicted molar refractivity (Wildman–Crippen MR) is 251 cm³/mol. The van der Waals surface area contributed by atoms with Crippen molar-refractivity contribution in [1.29, 1.82) is 0 Å². The number of thiophene rings is 1. The van der Waals surface area contributed by atoms with Crippen molar-refractivity contribution in [2.75, 3.05) is 4.90 Å². The first kappa shape index (κ1) is 34.3. The third-order valence-corrected chi connectivity index (χ3v) is 12.9. The molecule has 0 N–H and O–H groups in total. The lowest BCUT2D eigenvalue weighted by Gasteiger charge is -2.27. The Morgan fingerprint density at radius 2 is 0.914 bits per heavy atom. The van der Waals surface area contributed by atoms with Gasteiger partial charge in [-0.1, -0.05) is 170 Å². The third kappa shape index (κ3) is 6.02. The molecule has 1 heterocycles. The zero-order valence-electron chi connectivity index (χ0n) is 32.0. The number of hydrogen-bond donors (Lipinski definition) is 0. The quantitative estimate of drug-likeness (QED) is 0.146.